The molecule has 1 aliphatic carbocycles. The molecule has 2 aromatic carbocycles. The lowest BCUT2D eigenvalue weighted by Crippen LogP contribution is -2.58. The molecule has 4 amide bonds. The molecule has 5 atom stereocenters. The number of nitrogens with zero attached hydrogens (tertiary/aromatic N) is 8. The van der Waals surface area contributed by atoms with E-state index in [1.54, 1.807) is 29.7 Å². The first-order valence-electron chi connectivity index (χ1n) is 24.4. The van der Waals surface area contributed by atoms with Gasteiger partial charge in [-0.1, -0.05) is 68.8 Å². The number of aliphatic hydroxyl groups is 1. The molecule has 6 aromatic rings. The average Bonchev–Trinajstić information content (AvgIpc) is 4.11. The third-order valence-corrected chi connectivity index (χ3v) is 15.1. The number of β-amino-alcohol motifs (C(OH)–C–C–N with tert-alkyl or cyclic N) is 1. The van der Waals surface area contributed by atoms with Crippen molar-refractivity contribution in [2.24, 2.45) is 17.5 Å². The van der Waals surface area contributed by atoms with Crippen LogP contribution in [-0.4, -0.2) is 112 Å². The van der Waals surface area contributed by atoms with E-state index in [-0.39, 0.29) is 43.5 Å². The highest BCUT2D eigenvalue weighted by Gasteiger charge is 2.45. The summed E-state index contributed by atoms with van der Waals surface area (Å²) in [6.45, 7) is 12.9. The Morgan fingerprint density at radius 1 is 0.918 bits per heavy atom. The molecule has 9 rings (SSSR count). The number of aliphatic imine (C=N–C) groups is 1. The van der Waals surface area contributed by atoms with Gasteiger partial charge in [-0.05, 0) is 62.4 Å². The largest absolute Gasteiger partial charge is 0.482 e. The molecule has 0 unspecified atom stereocenters. The fourth-order valence-electron chi connectivity index (χ4n) is 9.50. The predicted molar refractivity (Wildman–Crippen MR) is 276 cm³/mol. The van der Waals surface area contributed by atoms with Crippen molar-refractivity contribution >= 4 is 52.3 Å². The standard InChI is InChI=1S/C53H60ClN11O7S/c1-28-30(3)73-52-45(28)46(33-13-15-35(54)16-14-33)59-40(49-62-61-31(4)65(49)52)24-42(67)58-36-21-39(22-36)72-44-18-17-38(25-56-44)71-27-43(68)60-47(53(5,6)7)51(70)64-26-37(66)23-41(64)50(69)57-29(2)32-9-11-34(12-10-32)48-55-19-20-63(48)8/h9-20,25,29,36-37,39-41,47,66H,21-24,26-27H2,1-8H3,(H,57,69)(H,58,67)(H,60,68)/t29-,36-,37+,39+,40-,41-,47+/m0/s1. The van der Waals surface area contributed by atoms with Gasteiger partial charge in [0.15, 0.2) is 12.4 Å². The molecule has 1 saturated carbocycles. The fraction of sp³-hybridized carbons (Fsp3) is 0.415. The molecule has 1 saturated heterocycles. The Labute approximate surface area is 432 Å². The van der Waals surface area contributed by atoms with Crippen molar-refractivity contribution < 1.29 is 33.8 Å². The van der Waals surface area contributed by atoms with Gasteiger partial charge in [0.1, 0.15) is 46.6 Å². The number of carbonyl (C=O) groups excluding carboxylic acids is 4. The molecular formula is C53H60ClN11O7S. The summed E-state index contributed by atoms with van der Waals surface area (Å²) in [6, 6.07) is 15.5. The number of aromatic nitrogens is 6. The van der Waals surface area contributed by atoms with Crippen LogP contribution in [0, 0.1) is 26.2 Å². The van der Waals surface area contributed by atoms with Gasteiger partial charge >= 0.3 is 0 Å². The number of amides is 4. The molecule has 18 nitrogen and oxygen atoms in total. The highest BCUT2D eigenvalue weighted by atomic mass is 35.5. The van der Waals surface area contributed by atoms with Crippen LogP contribution in [0.25, 0.3) is 16.4 Å². The van der Waals surface area contributed by atoms with Crippen LogP contribution in [0.15, 0.2) is 84.2 Å². The molecule has 382 valence electrons. The predicted octanol–water partition coefficient (Wildman–Crippen LogP) is 6.46. The lowest BCUT2D eigenvalue weighted by molar-refractivity contribution is -0.144. The smallest absolute Gasteiger partial charge is 0.258 e. The topological polar surface area (TPSA) is 220 Å². The van der Waals surface area contributed by atoms with Crippen LogP contribution in [0.2, 0.25) is 5.02 Å². The number of likely N-dealkylation sites (tertiary alicyclic amines) is 1. The molecule has 0 bridgehead atoms. The third kappa shape index (κ3) is 11.0. The molecule has 4 aromatic heterocycles. The maximum Gasteiger partial charge on any atom is 0.258 e. The quantitative estimate of drug-likeness (QED) is 0.0875. The zero-order valence-corrected chi connectivity index (χ0v) is 43.6. The molecule has 20 heteroatoms. The lowest BCUT2D eigenvalue weighted by atomic mass is 9.85. The summed E-state index contributed by atoms with van der Waals surface area (Å²) >= 11 is 7.92. The van der Waals surface area contributed by atoms with Gasteiger partial charge in [-0.3, -0.25) is 28.7 Å². The van der Waals surface area contributed by atoms with E-state index < -0.39 is 54.0 Å². The van der Waals surface area contributed by atoms with Crippen molar-refractivity contribution in [2.75, 3.05) is 13.2 Å². The van der Waals surface area contributed by atoms with Gasteiger partial charge in [0.25, 0.3) is 5.91 Å². The second kappa shape index (κ2) is 20.9. The van der Waals surface area contributed by atoms with Crippen molar-refractivity contribution in [3.05, 3.63) is 123 Å². The first-order chi connectivity index (χ1) is 34.8. The number of thiophene rings is 1. The van der Waals surface area contributed by atoms with Crippen LogP contribution in [0.1, 0.15) is 104 Å². The fourth-order valence-corrected chi connectivity index (χ4v) is 10.8. The molecule has 2 fully saturated rings. The number of hydrogen-bond acceptors (Lipinski definition) is 13. The van der Waals surface area contributed by atoms with Crippen molar-refractivity contribution in [1.82, 2.24) is 50.1 Å². The van der Waals surface area contributed by atoms with Crippen molar-refractivity contribution in [2.45, 2.75) is 117 Å². The van der Waals surface area contributed by atoms with E-state index in [9.17, 15) is 24.3 Å². The summed E-state index contributed by atoms with van der Waals surface area (Å²) in [5.74, 6) is 1.23. The summed E-state index contributed by atoms with van der Waals surface area (Å²) in [4.78, 5) is 71.4. The molecule has 4 N–H and O–H groups in total. The SMILES string of the molecule is Cc1sc2c(c1C)C(c1ccc(Cl)cc1)=N[C@@H](CC(=O)N[C@H]1C[C@@H](Oc3ccc(OCC(=O)N[C@H](C(=O)N4C[C@H](O)C[C@H]4C(=O)N[C@@H](C)c4ccc(-c5nccn5C)cc4)C(C)(C)C)cn3)C1)c1nnc(C)n1-2. The molecule has 73 heavy (non-hydrogen) atoms. The van der Waals surface area contributed by atoms with Crippen molar-refractivity contribution in [1.29, 1.82) is 0 Å². The first-order valence-corrected chi connectivity index (χ1v) is 25.6. The number of aryl methyl sites for hydroxylation is 3. The van der Waals surface area contributed by atoms with Gasteiger partial charge in [-0.2, -0.15) is 0 Å². The van der Waals surface area contributed by atoms with Crippen LogP contribution in [0.4, 0.5) is 0 Å². The second-order valence-electron chi connectivity index (χ2n) is 20.2. The number of benzene rings is 2. The van der Waals surface area contributed by atoms with Gasteiger partial charge in [0.05, 0.1) is 30.5 Å². The van der Waals surface area contributed by atoms with E-state index >= 15 is 0 Å². The molecule has 3 aliphatic rings. The van der Waals surface area contributed by atoms with Crippen LogP contribution in [0.5, 0.6) is 11.6 Å². The van der Waals surface area contributed by atoms with E-state index in [1.165, 1.54) is 11.1 Å². The average molecular weight is 1030 g/mol. The first kappa shape index (κ1) is 51.0. The normalized spacial score (nSPS) is 20.1. The zero-order valence-electron chi connectivity index (χ0n) is 42.1. The maximum atomic E-state index is 14.2. The number of hydrogen-bond donors (Lipinski definition) is 4. The Hall–Kier alpha value is -6.96. The Bertz CT molecular complexity index is 3050. The molecule has 0 radical (unpaired) electrons. The zero-order chi connectivity index (χ0) is 51.9. The van der Waals surface area contributed by atoms with E-state index in [0.717, 1.165) is 55.1 Å². The van der Waals surface area contributed by atoms with Crippen LogP contribution in [-0.2, 0) is 26.2 Å². The Kier molecular flexibility index (Phi) is 14.6. The Balaban J connectivity index is 0.750. The monoisotopic (exact) mass is 1030 g/mol. The van der Waals surface area contributed by atoms with Gasteiger partial charge in [0.2, 0.25) is 23.6 Å². The number of carbonyl (C=O) groups is 4. The summed E-state index contributed by atoms with van der Waals surface area (Å²) < 4.78 is 15.8. The number of fused-ring (bicyclic) bond motifs is 3. The number of pyridine rings is 1. The number of imidazole rings is 1. The van der Waals surface area contributed by atoms with E-state index in [1.807, 2.05) is 106 Å². The van der Waals surface area contributed by atoms with Gasteiger partial charge in [-0.15, -0.1) is 21.5 Å². The van der Waals surface area contributed by atoms with E-state index in [0.29, 0.717) is 35.3 Å². The molecular weight excluding hydrogens is 970 g/mol. The second-order valence-corrected chi connectivity index (χ2v) is 21.8. The molecule has 0 spiro atoms. The van der Waals surface area contributed by atoms with Crippen LogP contribution in [0.3, 0.4) is 0 Å². The van der Waals surface area contributed by atoms with Gasteiger partial charge in [0, 0.05) is 83.9 Å². The van der Waals surface area contributed by atoms with E-state index in [2.05, 4.69) is 50.0 Å². The Morgan fingerprint density at radius 3 is 2.32 bits per heavy atom. The number of aliphatic hydroxyl groups excluding tert-OH is 1. The maximum absolute atomic E-state index is 14.2. The number of halogens is 1. The highest BCUT2D eigenvalue weighted by Crippen LogP contribution is 2.40. The summed E-state index contributed by atoms with van der Waals surface area (Å²) in [5.41, 5.74) is 4.84. The van der Waals surface area contributed by atoms with Gasteiger partial charge < -0.3 is 40.0 Å². The number of ether oxygens (including phenoxy) is 2. The molecule has 2 aliphatic heterocycles. The van der Waals surface area contributed by atoms with Crippen LogP contribution >= 0.6 is 22.9 Å². The number of nitrogens with one attached hydrogen (secondary N) is 3. The van der Waals surface area contributed by atoms with E-state index in [4.69, 9.17) is 26.1 Å². The minimum atomic E-state index is -1.03. The van der Waals surface area contributed by atoms with Crippen molar-refractivity contribution in [3.8, 4) is 28.0 Å². The highest BCUT2D eigenvalue weighted by molar-refractivity contribution is 7.15. The Morgan fingerprint density at radius 2 is 1.64 bits per heavy atom. The lowest BCUT2D eigenvalue weighted by Gasteiger charge is -2.35. The summed E-state index contributed by atoms with van der Waals surface area (Å²) in [6.07, 6.45) is 5.26. The minimum Gasteiger partial charge on any atom is -0.482 e. The molecule has 6 heterocycles. The third-order valence-electron chi connectivity index (χ3n) is 13.7. The minimum absolute atomic E-state index is 0.0516. The summed E-state index contributed by atoms with van der Waals surface area (Å²) in [5, 5.41) is 30.2. The van der Waals surface area contributed by atoms with Crippen molar-refractivity contribution in [3.63, 3.8) is 0 Å². The number of rotatable bonds is 15. The van der Waals surface area contributed by atoms with Crippen LogP contribution < -0.4 is 25.4 Å². The summed E-state index contributed by atoms with van der Waals surface area (Å²) in [7, 11) is 1.92. The van der Waals surface area contributed by atoms with Gasteiger partial charge in [-0.25, -0.2) is 9.97 Å².